The summed E-state index contributed by atoms with van der Waals surface area (Å²) in [5.74, 6) is 0. The highest BCUT2D eigenvalue weighted by Gasteiger charge is 2.50. The fourth-order valence-corrected chi connectivity index (χ4v) is 2.29. The lowest BCUT2D eigenvalue weighted by atomic mass is 9.85. The first-order chi connectivity index (χ1) is 7.80. The predicted octanol–water partition coefficient (Wildman–Crippen LogP) is 2.12. The van der Waals surface area contributed by atoms with Crippen LogP contribution in [-0.2, 0) is 9.47 Å². The van der Waals surface area contributed by atoms with Crippen LogP contribution in [0.15, 0.2) is 0 Å². The fourth-order valence-electron chi connectivity index (χ4n) is 2.29. The Balaban J connectivity index is 1.83. The molecule has 1 spiro atoms. The van der Waals surface area contributed by atoms with Gasteiger partial charge in [-0.3, -0.25) is 0 Å². The molecule has 5 heteroatoms. The largest absolute Gasteiger partial charge is 0.444 e. The summed E-state index contributed by atoms with van der Waals surface area (Å²) in [4.78, 5) is 13.3. The van der Waals surface area contributed by atoms with Gasteiger partial charge in [0.25, 0.3) is 0 Å². The molecule has 2 saturated heterocycles. The van der Waals surface area contributed by atoms with E-state index in [1.807, 2.05) is 20.8 Å². The quantitative estimate of drug-likeness (QED) is 0.656. The zero-order valence-electron chi connectivity index (χ0n) is 10.7. The normalized spacial score (nSPS) is 27.8. The first-order valence-electron chi connectivity index (χ1n) is 6.06. The monoisotopic (exact) mass is 245 g/mol. The van der Waals surface area contributed by atoms with Crippen LogP contribution < -0.4 is 0 Å². The molecule has 0 aromatic carbocycles. The highest BCUT2D eigenvalue weighted by atomic mass is 19.1. The Morgan fingerprint density at radius 1 is 1.47 bits per heavy atom. The van der Waals surface area contributed by atoms with Gasteiger partial charge in [-0.05, 0) is 20.8 Å². The van der Waals surface area contributed by atoms with Crippen molar-refractivity contribution in [3.05, 3.63) is 0 Å². The number of ether oxygens (including phenoxy) is 2. The molecule has 0 aromatic rings. The van der Waals surface area contributed by atoms with Crippen LogP contribution in [0.5, 0.6) is 0 Å². The lowest BCUT2D eigenvalue weighted by Gasteiger charge is -2.51. The molecule has 0 N–H and O–H groups in total. The Morgan fingerprint density at radius 2 is 2.12 bits per heavy atom. The van der Waals surface area contributed by atoms with Crippen molar-refractivity contribution in [2.24, 2.45) is 0 Å². The van der Waals surface area contributed by atoms with E-state index in [0.29, 0.717) is 32.5 Å². The molecule has 0 aliphatic carbocycles. The molecule has 1 unspecified atom stereocenters. The summed E-state index contributed by atoms with van der Waals surface area (Å²) in [6, 6.07) is 0. The van der Waals surface area contributed by atoms with Gasteiger partial charge in [0.05, 0.1) is 19.7 Å². The summed E-state index contributed by atoms with van der Waals surface area (Å²) in [5.41, 5.74) is -0.940. The van der Waals surface area contributed by atoms with Gasteiger partial charge in [0, 0.05) is 12.8 Å². The zero-order chi connectivity index (χ0) is 12.7. The molecule has 1 amide bonds. The van der Waals surface area contributed by atoms with Crippen LogP contribution in [0.4, 0.5) is 9.18 Å². The number of nitrogens with zero attached hydrogens (tertiary/aromatic N) is 1. The summed E-state index contributed by atoms with van der Waals surface area (Å²) < 4.78 is 24.1. The van der Waals surface area contributed by atoms with Gasteiger partial charge in [-0.25, -0.2) is 9.18 Å². The average molecular weight is 245 g/mol. The highest BCUT2D eigenvalue weighted by Crippen LogP contribution is 2.35. The maximum atomic E-state index is 13.3. The molecule has 17 heavy (non-hydrogen) atoms. The molecule has 2 aliphatic heterocycles. The van der Waals surface area contributed by atoms with Crippen LogP contribution in [0.1, 0.15) is 33.6 Å². The molecule has 2 fully saturated rings. The molecule has 0 radical (unpaired) electrons. The van der Waals surface area contributed by atoms with Crippen LogP contribution in [-0.4, -0.2) is 48.1 Å². The van der Waals surface area contributed by atoms with Crippen molar-refractivity contribution in [3.63, 3.8) is 0 Å². The van der Waals surface area contributed by atoms with Gasteiger partial charge in [0.15, 0.2) is 0 Å². The number of hydrogen-bond acceptors (Lipinski definition) is 3. The third-order valence-corrected chi connectivity index (χ3v) is 3.04. The summed E-state index contributed by atoms with van der Waals surface area (Å²) in [6.45, 7) is 6.83. The maximum absolute atomic E-state index is 13.3. The van der Waals surface area contributed by atoms with E-state index in [4.69, 9.17) is 9.47 Å². The van der Waals surface area contributed by atoms with E-state index >= 15 is 0 Å². The van der Waals surface area contributed by atoms with Gasteiger partial charge in [0.1, 0.15) is 17.4 Å². The molecule has 0 saturated carbocycles. The van der Waals surface area contributed by atoms with E-state index in [0.717, 1.165) is 0 Å². The standard InChI is InChI=1S/C12H20FNO3/c1-11(2,3)17-10(15)14-7-12(8-14)6-9(13)4-5-16-12/h9H,4-8H2,1-3H3. The van der Waals surface area contributed by atoms with E-state index in [1.54, 1.807) is 4.90 Å². The zero-order valence-corrected chi connectivity index (χ0v) is 10.7. The van der Waals surface area contributed by atoms with Crippen molar-refractivity contribution in [1.29, 1.82) is 0 Å². The minimum Gasteiger partial charge on any atom is -0.444 e. The van der Waals surface area contributed by atoms with Gasteiger partial charge in [-0.1, -0.05) is 0 Å². The first-order valence-corrected chi connectivity index (χ1v) is 6.06. The number of amides is 1. The van der Waals surface area contributed by atoms with E-state index in [-0.39, 0.29) is 6.09 Å². The second kappa shape index (κ2) is 4.12. The predicted molar refractivity (Wildman–Crippen MR) is 60.6 cm³/mol. The number of alkyl halides is 1. The summed E-state index contributed by atoms with van der Waals surface area (Å²) in [7, 11) is 0. The Kier molecular flexibility index (Phi) is 3.06. The number of likely N-dealkylation sites (tertiary alicyclic amines) is 1. The SMILES string of the molecule is CC(C)(C)OC(=O)N1CC2(CC(F)CCO2)C1. The number of hydrogen-bond donors (Lipinski definition) is 0. The molecule has 2 aliphatic rings. The molecule has 98 valence electrons. The molecule has 0 aromatic heterocycles. The number of carbonyl (C=O) groups is 1. The lowest BCUT2D eigenvalue weighted by Crippen LogP contribution is -2.67. The summed E-state index contributed by atoms with van der Waals surface area (Å²) in [5, 5.41) is 0. The summed E-state index contributed by atoms with van der Waals surface area (Å²) in [6.07, 6.45) is -0.280. The number of carbonyl (C=O) groups excluding carboxylic acids is 1. The van der Waals surface area contributed by atoms with Crippen molar-refractivity contribution in [2.45, 2.75) is 51.0 Å². The smallest absolute Gasteiger partial charge is 0.410 e. The van der Waals surface area contributed by atoms with Gasteiger partial charge >= 0.3 is 6.09 Å². The molecule has 4 nitrogen and oxygen atoms in total. The fraction of sp³-hybridized carbons (Fsp3) is 0.917. The first kappa shape index (κ1) is 12.6. The van der Waals surface area contributed by atoms with Gasteiger partial charge < -0.3 is 14.4 Å². The van der Waals surface area contributed by atoms with Crippen LogP contribution in [0, 0.1) is 0 Å². The van der Waals surface area contributed by atoms with E-state index in [2.05, 4.69) is 0 Å². The lowest BCUT2D eigenvalue weighted by molar-refractivity contribution is -0.174. The van der Waals surface area contributed by atoms with Crippen LogP contribution >= 0.6 is 0 Å². The number of rotatable bonds is 0. The Morgan fingerprint density at radius 3 is 2.65 bits per heavy atom. The van der Waals surface area contributed by atoms with Crippen LogP contribution in [0.3, 0.4) is 0 Å². The van der Waals surface area contributed by atoms with Crippen molar-refractivity contribution >= 4 is 6.09 Å². The molecule has 0 bridgehead atoms. The van der Waals surface area contributed by atoms with Crippen LogP contribution in [0.2, 0.25) is 0 Å². The van der Waals surface area contributed by atoms with Gasteiger partial charge in [-0.15, -0.1) is 0 Å². The Labute approximate surface area is 101 Å². The average Bonchev–Trinajstić information content (AvgIpc) is 2.10. The van der Waals surface area contributed by atoms with Gasteiger partial charge in [-0.2, -0.15) is 0 Å². The molecule has 1 atom stereocenters. The highest BCUT2D eigenvalue weighted by molar-refractivity contribution is 5.69. The maximum Gasteiger partial charge on any atom is 0.410 e. The van der Waals surface area contributed by atoms with Crippen molar-refractivity contribution < 1.29 is 18.7 Å². The van der Waals surface area contributed by atoms with Crippen molar-refractivity contribution in [1.82, 2.24) is 4.90 Å². The van der Waals surface area contributed by atoms with E-state index < -0.39 is 17.4 Å². The second-order valence-electron chi connectivity index (χ2n) is 5.96. The van der Waals surface area contributed by atoms with Crippen LogP contribution in [0.25, 0.3) is 0 Å². The Hall–Kier alpha value is -0.840. The van der Waals surface area contributed by atoms with Gasteiger partial charge in [0.2, 0.25) is 0 Å². The number of halogens is 1. The van der Waals surface area contributed by atoms with Crippen molar-refractivity contribution in [3.8, 4) is 0 Å². The van der Waals surface area contributed by atoms with Crippen molar-refractivity contribution in [2.75, 3.05) is 19.7 Å². The third kappa shape index (κ3) is 2.89. The van der Waals surface area contributed by atoms with E-state index in [1.165, 1.54) is 0 Å². The third-order valence-electron chi connectivity index (χ3n) is 3.04. The molecular weight excluding hydrogens is 225 g/mol. The molecule has 2 rings (SSSR count). The van der Waals surface area contributed by atoms with E-state index in [9.17, 15) is 9.18 Å². The Bertz CT molecular complexity index is 307. The minimum absolute atomic E-state index is 0.340. The topological polar surface area (TPSA) is 38.8 Å². The second-order valence-corrected chi connectivity index (χ2v) is 5.96. The molecular formula is C12H20FNO3. The molecule has 2 heterocycles. The summed E-state index contributed by atoms with van der Waals surface area (Å²) >= 11 is 0. The minimum atomic E-state index is -0.801.